The van der Waals surface area contributed by atoms with Crippen LogP contribution in [-0.4, -0.2) is 28.3 Å². The summed E-state index contributed by atoms with van der Waals surface area (Å²) >= 11 is 12.3. The van der Waals surface area contributed by atoms with Crippen LogP contribution in [-0.2, 0) is 11.3 Å². The molecule has 4 nitrogen and oxygen atoms in total. The van der Waals surface area contributed by atoms with Gasteiger partial charge in [-0.1, -0.05) is 25.4 Å². The van der Waals surface area contributed by atoms with Crippen LogP contribution < -0.4 is 0 Å². The lowest BCUT2D eigenvalue weighted by Crippen LogP contribution is -2.23. The molecule has 2 heterocycles. The minimum atomic E-state index is -0.184. The van der Waals surface area contributed by atoms with Crippen molar-refractivity contribution in [2.75, 3.05) is 13.7 Å². The molecule has 0 aromatic carbocycles. The number of rotatable bonds is 6. The average Bonchev–Trinajstić information content (AvgIpc) is 2.74. The second kappa shape index (κ2) is 6.51. The van der Waals surface area contributed by atoms with E-state index in [-0.39, 0.29) is 10.8 Å². The highest BCUT2D eigenvalue weighted by atomic mass is 35.5. The third-order valence-corrected chi connectivity index (χ3v) is 3.91. The van der Waals surface area contributed by atoms with Crippen LogP contribution in [0.4, 0.5) is 0 Å². The lowest BCUT2D eigenvalue weighted by Gasteiger charge is -2.26. The number of imidazole rings is 1. The molecule has 0 saturated heterocycles. The maximum Gasteiger partial charge on any atom is 0.160 e. The van der Waals surface area contributed by atoms with Gasteiger partial charge in [0.25, 0.3) is 0 Å². The highest BCUT2D eigenvalue weighted by Crippen LogP contribution is 2.30. The summed E-state index contributed by atoms with van der Waals surface area (Å²) in [6, 6.07) is 1.82. The van der Waals surface area contributed by atoms with Gasteiger partial charge in [0.15, 0.2) is 5.65 Å². The maximum atomic E-state index is 6.28. The maximum absolute atomic E-state index is 6.28. The second-order valence-electron chi connectivity index (χ2n) is 6.08. The van der Waals surface area contributed by atoms with Crippen molar-refractivity contribution in [3.8, 4) is 0 Å². The third-order valence-electron chi connectivity index (χ3n) is 3.51. The summed E-state index contributed by atoms with van der Waals surface area (Å²) in [5.41, 5.74) is 1.67. The number of hydrogen-bond donors (Lipinski definition) is 0. The number of fused-ring (bicyclic) bond motifs is 1. The summed E-state index contributed by atoms with van der Waals surface area (Å²) < 4.78 is 7.29. The molecule has 0 radical (unpaired) electrons. The second-order valence-corrected chi connectivity index (χ2v) is 7.17. The van der Waals surface area contributed by atoms with Gasteiger partial charge in [0, 0.05) is 26.5 Å². The van der Waals surface area contributed by atoms with Gasteiger partial charge in [0.2, 0.25) is 0 Å². The van der Waals surface area contributed by atoms with Gasteiger partial charge in [-0.3, -0.25) is 0 Å². The average molecular weight is 330 g/mol. The first-order chi connectivity index (χ1) is 9.84. The molecule has 1 atom stereocenters. The Morgan fingerprint density at radius 2 is 2.14 bits per heavy atom. The minimum absolute atomic E-state index is 0.0610. The number of nitrogens with zero attached hydrogens (tertiary/aromatic N) is 3. The van der Waals surface area contributed by atoms with Crippen molar-refractivity contribution in [2.24, 2.45) is 5.41 Å². The van der Waals surface area contributed by atoms with Gasteiger partial charge >= 0.3 is 0 Å². The molecular weight excluding hydrogens is 309 g/mol. The van der Waals surface area contributed by atoms with E-state index in [9.17, 15) is 0 Å². The Morgan fingerprint density at radius 3 is 2.76 bits per heavy atom. The van der Waals surface area contributed by atoms with Crippen LogP contribution >= 0.6 is 23.2 Å². The summed E-state index contributed by atoms with van der Waals surface area (Å²) in [6.45, 7) is 7.84. The molecule has 2 aromatic rings. The summed E-state index contributed by atoms with van der Waals surface area (Å²) in [4.78, 5) is 9.02. The molecule has 2 rings (SSSR count). The number of aromatic nitrogens is 3. The van der Waals surface area contributed by atoms with Crippen LogP contribution in [0.2, 0.25) is 5.02 Å². The van der Waals surface area contributed by atoms with Gasteiger partial charge in [-0.25, -0.2) is 9.97 Å². The van der Waals surface area contributed by atoms with Crippen molar-refractivity contribution in [1.82, 2.24) is 14.5 Å². The van der Waals surface area contributed by atoms with E-state index in [4.69, 9.17) is 27.9 Å². The van der Waals surface area contributed by atoms with Crippen molar-refractivity contribution in [2.45, 2.75) is 39.1 Å². The molecule has 0 saturated carbocycles. The normalized spacial score (nSPS) is 13.8. The van der Waals surface area contributed by atoms with Crippen molar-refractivity contribution in [1.29, 1.82) is 0 Å². The van der Waals surface area contributed by atoms with Crippen molar-refractivity contribution < 1.29 is 4.74 Å². The smallest absolute Gasteiger partial charge is 0.160 e. The number of halogens is 2. The fourth-order valence-corrected chi connectivity index (χ4v) is 2.67. The monoisotopic (exact) mass is 329 g/mol. The first-order valence-electron chi connectivity index (χ1n) is 6.99. The Morgan fingerprint density at radius 1 is 1.43 bits per heavy atom. The molecule has 2 aromatic heterocycles. The molecule has 0 N–H and O–H groups in total. The summed E-state index contributed by atoms with van der Waals surface area (Å²) in [5.74, 6) is 0.826. The third kappa shape index (κ3) is 3.87. The van der Waals surface area contributed by atoms with Crippen molar-refractivity contribution in [3.63, 3.8) is 0 Å². The zero-order valence-corrected chi connectivity index (χ0v) is 14.4. The Hall–Kier alpha value is -0.840. The van der Waals surface area contributed by atoms with Crippen LogP contribution in [0, 0.1) is 5.41 Å². The first kappa shape index (κ1) is 16.5. The van der Waals surface area contributed by atoms with Gasteiger partial charge < -0.3 is 9.30 Å². The zero-order valence-electron chi connectivity index (χ0n) is 12.9. The fraction of sp³-hybridized carbons (Fsp3) is 0.600. The van der Waals surface area contributed by atoms with E-state index < -0.39 is 0 Å². The zero-order chi connectivity index (χ0) is 15.6. The molecule has 1 unspecified atom stereocenters. The quantitative estimate of drug-likeness (QED) is 0.735. The van der Waals surface area contributed by atoms with Crippen molar-refractivity contribution in [3.05, 3.63) is 23.1 Å². The Kier molecular flexibility index (Phi) is 5.12. The van der Waals surface area contributed by atoms with Gasteiger partial charge in [0.1, 0.15) is 11.3 Å². The molecular formula is C15H21Cl2N3O. The van der Waals surface area contributed by atoms with Gasteiger partial charge in [-0.15, -0.1) is 11.6 Å². The number of ether oxygens (including phenoxy) is 1. The van der Waals surface area contributed by atoms with Crippen LogP contribution in [0.15, 0.2) is 12.3 Å². The molecule has 0 spiro atoms. The molecule has 6 heteroatoms. The predicted molar refractivity (Wildman–Crippen MR) is 87.1 cm³/mol. The Bertz CT molecular complexity index is 623. The Labute approximate surface area is 135 Å². The number of alkyl halides is 1. The largest absolute Gasteiger partial charge is 0.385 e. The number of hydrogen-bond acceptors (Lipinski definition) is 3. The van der Waals surface area contributed by atoms with E-state index in [2.05, 4.69) is 28.4 Å². The lowest BCUT2D eigenvalue weighted by atomic mass is 9.89. The lowest BCUT2D eigenvalue weighted by molar-refractivity contribution is 0.142. The first-order valence-corrected chi connectivity index (χ1v) is 7.80. The highest BCUT2D eigenvalue weighted by Gasteiger charge is 2.24. The SMILES string of the molecule is COCCC(C)(C)Cn1c(C(C)Cl)nc2cc(Cl)cnc21. The van der Waals surface area contributed by atoms with Crippen LogP contribution in [0.25, 0.3) is 11.2 Å². The molecule has 0 bridgehead atoms. The van der Waals surface area contributed by atoms with Crippen LogP contribution in [0.3, 0.4) is 0 Å². The highest BCUT2D eigenvalue weighted by molar-refractivity contribution is 6.31. The minimum Gasteiger partial charge on any atom is -0.385 e. The van der Waals surface area contributed by atoms with E-state index >= 15 is 0 Å². The topological polar surface area (TPSA) is 39.9 Å². The standard InChI is InChI=1S/C15H21Cl2N3O/c1-10(16)13-19-12-7-11(17)8-18-14(12)20(13)9-15(2,3)5-6-21-4/h7-8,10H,5-6,9H2,1-4H3. The number of methoxy groups -OCH3 is 1. The van der Waals surface area contributed by atoms with E-state index in [0.717, 1.165) is 36.6 Å². The summed E-state index contributed by atoms with van der Waals surface area (Å²) in [6.07, 6.45) is 2.60. The van der Waals surface area contributed by atoms with Gasteiger partial charge in [-0.05, 0) is 24.8 Å². The molecule has 0 amide bonds. The van der Waals surface area contributed by atoms with Crippen LogP contribution in [0.1, 0.15) is 38.4 Å². The molecule has 0 fully saturated rings. The number of pyridine rings is 1. The van der Waals surface area contributed by atoms with Gasteiger partial charge in [0.05, 0.1) is 10.4 Å². The van der Waals surface area contributed by atoms with E-state index in [1.807, 2.05) is 13.0 Å². The molecule has 116 valence electrons. The molecule has 0 aliphatic rings. The summed E-state index contributed by atoms with van der Waals surface area (Å²) in [7, 11) is 1.72. The van der Waals surface area contributed by atoms with Gasteiger partial charge in [-0.2, -0.15) is 0 Å². The van der Waals surface area contributed by atoms with E-state index in [1.165, 1.54) is 0 Å². The van der Waals surface area contributed by atoms with E-state index in [0.29, 0.717) is 5.02 Å². The molecule has 21 heavy (non-hydrogen) atoms. The predicted octanol–water partition coefficient (Wildman–Crippen LogP) is 4.45. The molecule has 0 aliphatic carbocycles. The summed E-state index contributed by atoms with van der Waals surface area (Å²) in [5, 5.41) is 0.399. The van der Waals surface area contributed by atoms with E-state index in [1.54, 1.807) is 13.3 Å². The Balaban J connectivity index is 2.43. The molecule has 0 aliphatic heterocycles. The fourth-order valence-electron chi connectivity index (χ4n) is 2.35. The van der Waals surface area contributed by atoms with Crippen molar-refractivity contribution >= 4 is 34.4 Å². The van der Waals surface area contributed by atoms with Crippen LogP contribution in [0.5, 0.6) is 0 Å².